The van der Waals surface area contributed by atoms with Gasteiger partial charge < -0.3 is 30.5 Å². The lowest BCUT2D eigenvalue weighted by atomic mass is 9.99. The van der Waals surface area contributed by atoms with Crippen LogP contribution in [0.2, 0.25) is 0 Å². The minimum atomic E-state index is -5.08. The van der Waals surface area contributed by atoms with E-state index in [0.29, 0.717) is 12.0 Å². The van der Waals surface area contributed by atoms with Crippen LogP contribution < -0.4 is 15.8 Å². The van der Waals surface area contributed by atoms with Crippen molar-refractivity contribution >= 4 is 33.7 Å². The number of allylic oxidation sites excluding steroid dienone is 1. The molecule has 0 bridgehead atoms. The maximum absolute atomic E-state index is 12.8. The lowest BCUT2D eigenvalue weighted by Gasteiger charge is -2.20. The minimum Gasteiger partial charge on any atom is -0.475 e. The quantitative estimate of drug-likeness (QED) is 0.133. The van der Waals surface area contributed by atoms with Gasteiger partial charge in [0.25, 0.3) is 10.0 Å². The highest BCUT2D eigenvalue weighted by molar-refractivity contribution is 7.93. The van der Waals surface area contributed by atoms with Crippen molar-refractivity contribution in [1.29, 1.82) is 5.41 Å². The molecule has 6 N–H and O–H groups in total. The van der Waals surface area contributed by atoms with Gasteiger partial charge in [0.15, 0.2) is 11.8 Å². The zero-order valence-corrected chi connectivity index (χ0v) is 24.4. The molecule has 0 aliphatic carbocycles. The molecular formula is C24H33F3N6O9S. The number of benzene rings is 1. The molecule has 3 atom stereocenters. The lowest BCUT2D eigenvalue weighted by Crippen LogP contribution is -2.50. The van der Waals surface area contributed by atoms with E-state index in [4.69, 9.17) is 35.4 Å². The monoisotopic (exact) mass is 638 g/mol. The van der Waals surface area contributed by atoms with Gasteiger partial charge in [0.05, 0.1) is 25.7 Å². The molecule has 2 aliphatic heterocycles. The van der Waals surface area contributed by atoms with E-state index in [0.717, 1.165) is 12.7 Å². The number of ether oxygens (including phenoxy) is 2. The molecular weight excluding hydrogens is 605 g/mol. The summed E-state index contributed by atoms with van der Waals surface area (Å²) in [6, 6.07) is 5.80. The standard InChI is InChI=1S/C22H32N6O7S.C2HF3O2/c1-13-21(27(2)12-34-13)36(31,32)26-17(22(30)33-4)11-25-19(29)10-16-9-18(28(3)35-16)14-5-7-15(8-6-14)20(23)24;3-2(4,5)1(6)7/h5-8,16-18,26H,9-12H2,1-4H3,(H3,23,24)(H,25,29);(H,6,7)/t16-,17+,18+;/m1./s1. The number of methoxy groups -OCH3 is 1. The topological polar surface area (TPSA) is 214 Å². The fourth-order valence-electron chi connectivity index (χ4n) is 4.13. The first-order valence-corrected chi connectivity index (χ1v) is 13.9. The third-order valence-electron chi connectivity index (χ3n) is 6.17. The van der Waals surface area contributed by atoms with Crippen molar-refractivity contribution in [2.45, 2.75) is 44.1 Å². The number of carbonyl (C=O) groups excluding carboxylic acids is 2. The number of sulfonamides is 1. The van der Waals surface area contributed by atoms with E-state index in [1.165, 1.54) is 11.8 Å². The molecule has 0 saturated carbocycles. The van der Waals surface area contributed by atoms with E-state index in [1.54, 1.807) is 31.3 Å². The average Bonchev–Trinajstić information content (AvgIpc) is 3.46. The van der Waals surface area contributed by atoms with Crippen molar-refractivity contribution in [1.82, 2.24) is 20.0 Å². The third-order valence-corrected chi connectivity index (χ3v) is 7.87. The summed E-state index contributed by atoms with van der Waals surface area (Å²) in [5.41, 5.74) is 7.07. The van der Waals surface area contributed by atoms with Gasteiger partial charge in [-0.25, -0.2) is 13.2 Å². The lowest BCUT2D eigenvalue weighted by molar-refractivity contribution is -0.192. The zero-order valence-electron chi connectivity index (χ0n) is 23.6. The van der Waals surface area contributed by atoms with Crippen molar-refractivity contribution in [2.75, 3.05) is 34.5 Å². The molecule has 43 heavy (non-hydrogen) atoms. The summed E-state index contributed by atoms with van der Waals surface area (Å²) in [6.07, 6.45) is -4.96. The van der Waals surface area contributed by atoms with Crippen molar-refractivity contribution in [2.24, 2.45) is 5.73 Å². The smallest absolute Gasteiger partial charge is 0.475 e. The van der Waals surface area contributed by atoms with Gasteiger partial charge in [-0.05, 0) is 18.9 Å². The number of alkyl halides is 3. The second-order valence-electron chi connectivity index (χ2n) is 9.40. The van der Waals surface area contributed by atoms with Gasteiger partial charge in [-0.2, -0.15) is 23.0 Å². The van der Waals surface area contributed by atoms with E-state index in [-0.39, 0.29) is 42.4 Å². The summed E-state index contributed by atoms with van der Waals surface area (Å²) in [6.45, 7) is 1.27. The highest BCUT2D eigenvalue weighted by Crippen LogP contribution is 2.34. The number of halogens is 3. The molecule has 1 aromatic carbocycles. The largest absolute Gasteiger partial charge is 0.490 e. The maximum Gasteiger partial charge on any atom is 0.490 e. The van der Waals surface area contributed by atoms with Gasteiger partial charge in [0, 0.05) is 26.2 Å². The van der Waals surface area contributed by atoms with Gasteiger partial charge in [-0.15, -0.1) is 0 Å². The maximum atomic E-state index is 12.8. The zero-order chi connectivity index (χ0) is 32.7. The number of carboxylic acid groups (broad SMARTS) is 1. The van der Waals surface area contributed by atoms with Gasteiger partial charge in [0.2, 0.25) is 5.91 Å². The number of hydrogen-bond acceptors (Lipinski definition) is 11. The van der Waals surface area contributed by atoms with Crippen LogP contribution in [0.1, 0.15) is 36.9 Å². The number of nitrogens with zero attached hydrogens (tertiary/aromatic N) is 2. The number of nitrogens with one attached hydrogen (secondary N) is 3. The summed E-state index contributed by atoms with van der Waals surface area (Å²) in [7, 11) is 0.333. The molecule has 0 aromatic heterocycles. The Morgan fingerprint density at radius 1 is 1.23 bits per heavy atom. The molecule has 2 heterocycles. The first-order chi connectivity index (χ1) is 19.9. The summed E-state index contributed by atoms with van der Waals surface area (Å²) in [5.74, 6) is -3.83. The number of nitrogens with two attached hydrogens (primary N) is 1. The molecule has 1 amide bonds. The van der Waals surface area contributed by atoms with Crippen LogP contribution in [-0.4, -0.2) is 100.0 Å². The number of rotatable bonds is 10. The van der Waals surface area contributed by atoms with Crippen molar-refractivity contribution in [3.8, 4) is 0 Å². The van der Waals surface area contributed by atoms with Crippen molar-refractivity contribution < 1.29 is 55.4 Å². The fraction of sp³-hybridized carbons (Fsp3) is 0.500. The van der Waals surface area contributed by atoms with Crippen LogP contribution in [0, 0.1) is 5.41 Å². The summed E-state index contributed by atoms with van der Waals surface area (Å²) < 4.78 is 69.6. The first-order valence-electron chi connectivity index (χ1n) is 12.4. The van der Waals surface area contributed by atoms with Crippen LogP contribution in [0.25, 0.3) is 0 Å². The molecule has 3 rings (SSSR count). The highest BCUT2D eigenvalue weighted by atomic mass is 32.2. The molecule has 1 aromatic rings. The summed E-state index contributed by atoms with van der Waals surface area (Å²) in [5, 5.41) is 18.8. The van der Waals surface area contributed by atoms with E-state index in [9.17, 15) is 31.2 Å². The molecule has 1 saturated heterocycles. The Morgan fingerprint density at radius 3 is 2.28 bits per heavy atom. The van der Waals surface area contributed by atoms with E-state index >= 15 is 0 Å². The second-order valence-corrected chi connectivity index (χ2v) is 11.0. The van der Waals surface area contributed by atoms with Crippen LogP contribution in [0.5, 0.6) is 0 Å². The van der Waals surface area contributed by atoms with Gasteiger partial charge in [-0.3, -0.25) is 19.8 Å². The van der Waals surface area contributed by atoms with Crippen molar-refractivity contribution in [3.05, 3.63) is 46.2 Å². The first kappa shape index (κ1) is 35.3. The Kier molecular flexibility index (Phi) is 11.9. The average molecular weight is 639 g/mol. The Morgan fingerprint density at radius 2 is 1.81 bits per heavy atom. The molecule has 2 aliphatic rings. The molecule has 0 radical (unpaired) electrons. The number of esters is 1. The number of hydroxylamine groups is 2. The van der Waals surface area contributed by atoms with Crippen LogP contribution >= 0.6 is 0 Å². The summed E-state index contributed by atoms with van der Waals surface area (Å²) >= 11 is 0. The van der Waals surface area contributed by atoms with E-state index < -0.39 is 46.2 Å². The number of amides is 1. The fourth-order valence-corrected chi connectivity index (χ4v) is 5.70. The Labute approximate surface area is 245 Å². The predicted octanol–water partition coefficient (Wildman–Crippen LogP) is 0.357. The van der Waals surface area contributed by atoms with Gasteiger partial charge >= 0.3 is 18.1 Å². The minimum absolute atomic E-state index is 0.00779. The van der Waals surface area contributed by atoms with Crippen LogP contribution in [0.15, 0.2) is 35.1 Å². The van der Waals surface area contributed by atoms with E-state index in [2.05, 4.69) is 10.0 Å². The van der Waals surface area contributed by atoms with Crippen LogP contribution in [0.3, 0.4) is 0 Å². The van der Waals surface area contributed by atoms with E-state index in [1.807, 2.05) is 12.1 Å². The summed E-state index contributed by atoms with van der Waals surface area (Å²) in [4.78, 5) is 40.9. The number of aliphatic carboxylic acids is 1. The SMILES string of the molecule is COC(=O)[C@H](CNC(=O)C[C@H]1C[C@@H](c2ccc(C(=N)N)cc2)N(C)O1)NS(=O)(=O)C1=C(C)OCN1C.O=C(O)C(F)(F)F. The molecule has 15 nitrogen and oxygen atoms in total. The molecule has 19 heteroatoms. The Balaban J connectivity index is 0.000000821. The Hall–Kier alpha value is -3.94. The Bertz CT molecular complexity index is 1340. The number of hydrogen-bond donors (Lipinski definition) is 5. The molecule has 0 unspecified atom stereocenters. The van der Waals surface area contributed by atoms with Crippen LogP contribution in [0.4, 0.5) is 13.2 Å². The normalized spacial score (nSPS) is 19.7. The highest BCUT2D eigenvalue weighted by Gasteiger charge is 2.38. The van der Waals surface area contributed by atoms with Gasteiger partial charge in [-0.1, -0.05) is 24.3 Å². The van der Waals surface area contributed by atoms with Gasteiger partial charge in [0.1, 0.15) is 17.6 Å². The molecule has 240 valence electrons. The second kappa shape index (κ2) is 14.5. The molecule has 0 spiro atoms. The molecule has 1 fully saturated rings. The number of carboxylic acids is 1. The predicted molar refractivity (Wildman–Crippen MR) is 143 cm³/mol. The number of carbonyl (C=O) groups is 3. The number of nitrogen functional groups attached to an aromatic ring is 1. The number of amidine groups is 1. The third kappa shape index (κ3) is 9.80. The van der Waals surface area contributed by atoms with Crippen LogP contribution in [-0.2, 0) is 38.7 Å². The van der Waals surface area contributed by atoms with Crippen molar-refractivity contribution in [3.63, 3.8) is 0 Å².